The minimum atomic E-state index is -0.816. The average molecular weight is 253 g/mol. The first-order valence-corrected chi connectivity index (χ1v) is 7.18. The Morgan fingerprint density at radius 1 is 1.06 bits per heavy atom. The zero-order valence-corrected chi connectivity index (χ0v) is 10.9. The summed E-state index contributed by atoms with van der Waals surface area (Å²) in [6.07, 6.45) is 8.94. The summed E-state index contributed by atoms with van der Waals surface area (Å²) in [6.45, 7) is 0.392. The van der Waals surface area contributed by atoms with E-state index in [2.05, 4.69) is 0 Å². The zero-order valence-electron chi connectivity index (χ0n) is 10.9. The van der Waals surface area contributed by atoms with E-state index in [0.29, 0.717) is 19.0 Å². The molecule has 0 aromatic rings. The Bertz CT molecular complexity index is 306. The normalized spacial score (nSPS) is 20.0. The third-order valence-electron chi connectivity index (χ3n) is 4.12. The molecule has 102 valence electrons. The largest absolute Gasteiger partial charge is 0.481 e. The van der Waals surface area contributed by atoms with Crippen LogP contribution in [0.2, 0.25) is 0 Å². The highest BCUT2D eigenvalue weighted by Crippen LogP contribution is 2.31. The quantitative estimate of drug-likeness (QED) is 0.758. The molecule has 0 spiro atoms. The van der Waals surface area contributed by atoms with Crippen LogP contribution in [0.5, 0.6) is 0 Å². The van der Waals surface area contributed by atoms with Crippen molar-refractivity contribution < 1.29 is 14.7 Å². The van der Waals surface area contributed by atoms with Crippen LogP contribution in [0.3, 0.4) is 0 Å². The molecule has 0 aliphatic heterocycles. The van der Waals surface area contributed by atoms with Gasteiger partial charge in [0.25, 0.3) is 0 Å². The van der Waals surface area contributed by atoms with E-state index in [4.69, 9.17) is 5.11 Å². The highest BCUT2D eigenvalue weighted by molar-refractivity contribution is 5.77. The summed E-state index contributed by atoms with van der Waals surface area (Å²) in [5.74, 6) is 0.0874. The van der Waals surface area contributed by atoms with Crippen LogP contribution < -0.4 is 0 Å². The van der Waals surface area contributed by atoms with Gasteiger partial charge in [0, 0.05) is 19.0 Å². The highest BCUT2D eigenvalue weighted by Gasteiger charge is 2.32. The van der Waals surface area contributed by atoms with E-state index in [1.807, 2.05) is 4.90 Å². The third kappa shape index (κ3) is 4.00. The van der Waals surface area contributed by atoms with Gasteiger partial charge in [-0.1, -0.05) is 25.7 Å². The maximum atomic E-state index is 12.1. The summed E-state index contributed by atoms with van der Waals surface area (Å²) >= 11 is 0. The van der Waals surface area contributed by atoms with Crippen molar-refractivity contribution in [3.8, 4) is 0 Å². The fraction of sp³-hybridized carbons (Fsp3) is 0.857. The van der Waals surface area contributed by atoms with E-state index in [-0.39, 0.29) is 12.3 Å². The van der Waals surface area contributed by atoms with Gasteiger partial charge in [-0.2, -0.15) is 0 Å². The molecule has 2 aliphatic carbocycles. The Hall–Kier alpha value is -1.06. The summed E-state index contributed by atoms with van der Waals surface area (Å²) in [6, 6.07) is 0.334. The second-order valence-electron chi connectivity index (χ2n) is 5.65. The van der Waals surface area contributed by atoms with Gasteiger partial charge in [-0.3, -0.25) is 9.59 Å². The fourth-order valence-electron chi connectivity index (χ4n) is 2.88. The Morgan fingerprint density at radius 3 is 2.28 bits per heavy atom. The molecule has 0 unspecified atom stereocenters. The number of carbonyl (C=O) groups is 2. The number of carboxylic acids is 1. The predicted octanol–water partition coefficient (Wildman–Crippen LogP) is 2.42. The first-order valence-electron chi connectivity index (χ1n) is 7.18. The standard InChI is InChI=1S/C14H23NO3/c16-13(8-5-11-3-1-2-4-11)15(12-6-7-12)10-9-14(17)18/h11-12H,1-10H2,(H,17,18). The van der Waals surface area contributed by atoms with Crippen molar-refractivity contribution >= 4 is 11.9 Å². The Labute approximate surface area is 108 Å². The average Bonchev–Trinajstić information content (AvgIpc) is 3.03. The van der Waals surface area contributed by atoms with E-state index in [0.717, 1.165) is 25.2 Å². The van der Waals surface area contributed by atoms with E-state index < -0.39 is 5.97 Å². The second kappa shape index (κ2) is 6.21. The molecular formula is C14H23NO3. The Morgan fingerprint density at radius 2 is 1.72 bits per heavy atom. The summed E-state index contributed by atoms with van der Waals surface area (Å²) < 4.78 is 0. The molecule has 0 bridgehead atoms. The number of carboxylic acid groups (broad SMARTS) is 1. The molecule has 0 aromatic heterocycles. The molecule has 2 saturated carbocycles. The molecule has 4 heteroatoms. The van der Waals surface area contributed by atoms with Gasteiger partial charge in [-0.15, -0.1) is 0 Å². The number of hydrogen-bond acceptors (Lipinski definition) is 2. The summed E-state index contributed by atoms with van der Waals surface area (Å²) in [7, 11) is 0. The van der Waals surface area contributed by atoms with Crippen molar-refractivity contribution in [2.75, 3.05) is 6.54 Å². The molecule has 0 atom stereocenters. The lowest BCUT2D eigenvalue weighted by Crippen LogP contribution is -2.35. The molecule has 2 rings (SSSR count). The summed E-state index contributed by atoms with van der Waals surface area (Å²) in [5, 5.41) is 8.71. The van der Waals surface area contributed by atoms with Gasteiger partial charge in [0.2, 0.25) is 5.91 Å². The Kier molecular flexibility index (Phi) is 4.61. The molecule has 0 radical (unpaired) electrons. The van der Waals surface area contributed by atoms with Gasteiger partial charge in [0.1, 0.15) is 0 Å². The second-order valence-corrected chi connectivity index (χ2v) is 5.65. The minimum absolute atomic E-state index is 0.0751. The molecular weight excluding hydrogens is 230 g/mol. The van der Waals surface area contributed by atoms with Gasteiger partial charge in [-0.25, -0.2) is 0 Å². The monoisotopic (exact) mass is 253 g/mol. The van der Waals surface area contributed by atoms with Crippen LogP contribution >= 0.6 is 0 Å². The maximum Gasteiger partial charge on any atom is 0.305 e. The molecule has 2 fully saturated rings. The molecule has 2 aliphatic rings. The van der Waals surface area contributed by atoms with Crippen molar-refractivity contribution in [3.05, 3.63) is 0 Å². The molecule has 0 saturated heterocycles. The number of nitrogens with zero attached hydrogens (tertiary/aromatic N) is 1. The highest BCUT2D eigenvalue weighted by atomic mass is 16.4. The topological polar surface area (TPSA) is 57.6 Å². The SMILES string of the molecule is O=C(O)CCN(C(=O)CCC1CCCC1)C1CC1. The van der Waals surface area contributed by atoms with E-state index in [9.17, 15) is 9.59 Å². The van der Waals surface area contributed by atoms with Gasteiger partial charge >= 0.3 is 5.97 Å². The van der Waals surface area contributed by atoms with Crippen LogP contribution in [0.15, 0.2) is 0 Å². The maximum absolute atomic E-state index is 12.1. The molecule has 1 amide bonds. The van der Waals surface area contributed by atoms with Gasteiger partial charge in [-0.05, 0) is 25.2 Å². The van der Waals surface area contributed by atoms with Crippen LogP contribution in [-0.2, 0) is 9.59 Å². The van der Waals surface area contributed by atoms with Gasteiger partial charge < -0.3 is 10.0 Å². The van der Waals surface area contributed by atoms with Crippen molar-refractivity contribution in [3.63, 3.8) is 0 Å². The van der Waals surface area contributed by atoms with Crippen LogP contribution in [0.1, 0.15) is 57.8 Å². The fourth-order valence-corrected chi connectivity index (χ4v) is 2.88. The lowest BCUT2D eigenvalue weighted by molar-refractivity contribution is -0.138. The van der Waals surface area contributed by atoms with Crippen molar-refractivity contribution in [1.29, 1.82) is 0 Å². The van der Waals surface area contributed by atoms with Crippen LogP contribution in [0.4, 0.5) is 0 Å². The van der Waals surface area contributed by atoms with Crippen LogP contribution in [0, 0.1) is 5.92 Å². The summed E-state index contributed by atoms with van der Waals surface area (Å²) in [4.78, 5) is 24.5. The molecule has 0 heterocycles. The van der Waals surface area contributed by atoms with Crippen LogP contribution in [0.25, 0.3) is 0 Å². The number of rotatable bonds is 7. The Balaban J connectivity index is 1.74. The van der Waals surface area contributed by atoms with E-state index >= 15 is 0 Å². The van der Waals surface area contributed by atoms with Crippen molar-refractivity contribution in [1.82, 2.24) is 4.90 Å². The molecule has 4 nitrogen and oxygen atoms in total. The van der Waals surface area contributed by atoms with Crippen molar-refractivity contribution in [2.24, 2.45) is 5.92 Å². The molecule has 18 heavy (non-hydrogen) atoms. The van der Waals surface area contributed by atoms with Crippen LogP contribution in [-0.4, -0.2) is 34.5 Å². The third-order valence-corrected chi connectivity index (χ3v) is 4.12. The van der Waals surface area contributed by atoms with Gasteiger partial charge in [0.05, 0.1) is 6.42 Å². The predicted molar refractivity (Wildman–Crippen MR) is 68.2 cm³/mol. The first kappa shape index (κ1) is 13.4. The number of carbonyl (C=O) groups excluding carboxylic acids is 1. The van der Waals surface area contributed by atoms with Gasteiger partial charge in [0.15, 0.2) is 0 Å². The molecule has 1 N–H and O–H groups in total. The first-order chi connectivity index (χ1) is 8.66. The lowest BCUT2D eigenvalue weighted by atomic mass is 10.0. The van der Waals surface area contributed by atoms with E-state index in [1.54, 1.807) is 0 Å². The number of hydrogen-bond donors (Lipinski definition) is 1. The van der Waals surface area contributed by atoms with E-state index in [1.165, 1.54) is 25.7 Å². The smallest absolute Gasteiger partial charge is 0.305 e. The number of aliphatic carboxylic acids is 1. The summed E-state index contributed by atoms with van der Waals surface area (Å²) in [5.41, 5.74) is 0. The van der Waals surface area contributed by atoms with Crippen molar-refractivity contribution in [2.45, 2.75) is 63.8 Å². The minimum Gasteiger partial charge on any atom is -0.481 e. The number of amides is 1. The molecule has 0 aromatic carbocycles. The lowest BCUT2D eigenvalue weighted by Gasteiger charge is -2.22. The zero-order chi connectivity index (χ0) is 13.0.